The Morgan fingerprint density at radius 1 is 1.24 bits per heavy atom. The lowest BCUT2D eigenvalue weighted by Crippen LogP contribution is -2.31. The number of aromatic nitrogens is 2. The highest BCUT2D eigenvalue weighted by molar-refractivity contribution is 5.78. The van der Waals surface area contributed by atoms with Crippen molar-refractivity contribution in [1.82, 2.24) is 14.9 Å². The first-order valence-electron chi connectivity index (χ1n) is 8.06. The quantitative estimate of drug-likeness (QED) is 0.750. The summed E-state index contributed by atoms with van der Waals surface area (Å²) in [5.74, 6) is 0.282. The Labute approximate surface area is 145 Å². The van der Waals surface area contributed by atoms with E-state index in [1.807, 2.05) is 35.8 Å². The van der Waals surface area contributed by atoms with E-state index < -0.39 is 0 Å². The molecule has 130 valence electrons. The molecule has 1 N–H and O–H groups in total. The van der Waals surface area contributed by atoms with E-state index in [0.717, 1.165) is 22.4 Å². The van der Waals surface area contributed by atoms with Crippen LogP contribution in [0.25, 0.3) is 11.0 Å². The molecular formula is C19H20FN3O2. The third kappa shape index (κ3) is 3.85. The van der Waals surface area contributed by atoms with Crippen molar-refractivity contribution in [1.29, 1.82) is 0 Å². The van der Waals surface area contributed by atoms with E-state index in [0.29, 0.717) is 6.54 Å². The molecule has 1 aromatic heterocycles. The number of carbonyl (C=O) groups is 1. The fourth-order valence-electron chi connectivity index (χ4n) is 2.84. The lowest BCUT2D eigenvalue weighted by Gasteiger charge is -2.16. The summed E-state index contributed by atoms with van der Waals surface area (Å²) in [6, 6.07) is 13.9. The van der Waals surface area contributed by atoms with Gasteiger partial charge in [-0.15, -0.1) is 0 Å². The number of nitrogens with zero attached hydrogens (tertiary/aromatic N) is 2. The number of benzene rings is 2. The van der Waals surface area contributed by atoms with Crippen LogP contribution in [0.1, 0.15) is 24.4 Å². The van der Waals surface area contributed by atoms with Gasteiger partial charge in [0, 0.05) is 13.7 Å². The molecule has 0 bridgehead atoms. The minimum atomic E-state index is -0.282. The van der Waals surface area contributed by atoms with Gasteiger partial charge in [-0.05, 0) is 36.8 Å². The number of para-hydroxylation sites is 2. The van der Waals surface area contributed by atoms with Crippen LogP contribution in [0.4, 0.5) is 4.39 Å². The highest BCUT2D eigenvalue weighted by atomic mass is 19.1. The van der Waals surface area contributed by atoms with Crippen molar-refractivity contribution >= 4 is 16.9 Å². The summed E-state index contributed by atoms with van der Waals surface area (Å²) in [4.78, 5) is 16.5. The Hall–Kier alpha value is -2.73. The van der Waals surface area contributed by atoms with E-state index in [1.54, 1.807) is 12.1 Å². The van der Waals surface area contributed by atoms with Crippen molar-refractivity contribution in [2.24, 2.45) is 0 Å². The molecule has 1 atom stereocenters. The Kier molecular flexibility index (Phi) is 5.09. The van der Waals surface area contributed by atoms with Crippen LogP contribution in [-0.4, -0.2) is 29.2 Å². The number of methoxy groups -OCH3 is 1. The van der Waals surface area contributed by atoms with Crippen molar-refractivity contribution in [2.45, 2.75) is 19.5 Å². The molecule has 1 amide bonds. The van der Waals surface area contributed by atoms with Gasteiger partial charge in [0.2, 0.25) is 5.91 Å². The third-order valence-corrected chi connectivity index (χ3v) is 3.98. The smallest absolute Gasteiger partial charge is 0.246 e. The topological polar surface area (TPSA) is 56.1 Å². The fraction of sp³-hybridized carbons (Fsp3) is 0.263. The normalized spacial score (nSPS) is 12.3. The molecule has 5 nitrogen and oxygen atoms in total. The van der Waals surface area contributed by atoms with E-state index in [2.05, 4.69) is 10.3 Å². The molecule has 0 radical (unpaired) electrons. The molecule has 0 saturated carbocycles. The van der Waals surface area contributed by atoms with Gasteiger partial charge in [0.15, 0.2) is 0 Å². The predicted molar refractivity (Wildman–Crippen MR) is 93.7 cm³/mol. The summed E-state index contributed by atoms with van der Waals surface area (Å²) in [6.45, 7) is 2.43. The Bertz CT molecular complexity index is 874. The zero-order valence-electron chi connectivity index (χ0n) is 14.2. The molecule has 3 rings (SSSR count). The van der Waals surface area contributed by atoms with Crippen LogP contribution in [-0.2, 0) is 16.1 Å². The zero-order chi connectivity index (χ0) is 17.8. The SMILES string of the molecule is COCC(=O)NC(C)c1nc2ccccc2n1Cc1ccc(F)cc1. The molecule has 1 heterocycles. The summed E-state index contributed by atoms with van der Waals surface area (Å²) < 4.78 is 20.1. The molecule has 25 heavy (non-hydrogen) atoms. The largest absolute Gasteiger partial charge is 0.375 e. The number of imidazole rings is 1. The number of ether oxygens (including phenoxy) is 1. The van der Waals surface area contributed by atoms with Crippen LogP contribution in [0.2, 0.25) is 0 Å². The molecule has 1 unspecified atom stereocenters. The van der Waals surface area contributed by atoms with Crippen LogP contribution in [0.15, 0.2) is 48.5 Å². The predicted octanol–water partition coefficient (Wildman–Crippen LogP) is 3.05. The molecule has 0 aliphatic rings. The van der Waals surface area contributed by atoms with Gasteiger partial charge in [-0.1, -0.05) is 24.3 Å². The Morgan fingerprint density at radius 3 is 2.68 bits per heavy atom. The van der Waals surface area contributed by atoms with E-state index in [4.69, 9.17) is 4.74 Å². The number of amides is 1. The van der Waals surface area contributed by atoms with Gasteiger partial charge < -0.3 is 14.6 Å². The van der Waals surface area contributed by atoms with Crippen molar-refractivity contribution in [3.63, 3.8) is 0 Å². The molecule has 0 aliphatic heterocycles. The third-order valence-electron chi connectivity index (χ3n) is 3.98. The van der Waals surface area contributed by atoms with Gasteiger partial charge in [-0.2, -0.15) is 0 Å². The molecule has 0 fully saturated rings. The summed E-state index contributed by atoms with van der Waals surface area (Å²) in [7, 11) is 1.48. The molecular weight excluding hydrogens is 321 g/mol. The molecule has 3 aromatic rings. The average molecular weight is 341 g/mol. The Balaban J connectivity index is 1.96. The molecule has 2 aromatic carbocycles. The minimum Gasteiger partial charge on any atom is -0.375 e. The molecule has 0 aliphatic carbocycles. The van der Waals surface area contributed by atoms with E-state index in [1.165, 1.54) is 19.2 Å². The highest BCUT2D eigenvalue weighted by Gasteiger charge is 2.18. The monoisotopic (exact) mass is 341 g/mol. The van der Waals surface area contributed by atoms with Gasteiger partial charge in [-0.25, -0.2) is 9.37 Å². The maximum absolute atomic E-state index is 13.2. The second-order valence-corrected chi connectivity index (χ2v) is 5.89. The van der Waals surface area contributed by atoms with Gasteiger partial charge in [0.1, 0.15) is 18.2 Å². The lowest BCUT2D eigenvalue weighted by molar-refractivity contribution is -0.125. The van der Waals surface area contributed by atoms with E-state index in [-0.39, 0.29) is 24.4 Å². The first kappa shape index (κ1) is 17.1. The Morgan fingerprint density at radius 2 is 1.96 bits per heavy atom. The number of halogens is 1. The number of hydrogen-bond donors (Lipinski definition) is 1. The number of hydrogen-bond acceptors (Lipinski definition) is 3. The van der Waals surface area contributed by atoms with Crippen molar-refractivity contribution in [2.75, 3.05) is 13.7 Å². The number of fused-ring (bicyclic) bond motifs is 1. The lowest BCUT2D eigenvalue weighted by atomic mass is 10.2. The first-order valence-corrected chi connectivity index (χ1v) is 8.06. The van der Waals surface area contributed by atoms with Crippen molar-refractivity contribution in [3.8, 4) is 0 Å². The van der Waals surface area contributed by atoms with Crippen LogP contribution in [0.3, 0.4) is 0 Å². The average Bonchev–Trinajstić information content (AvgIpc) is 2.96. The van der Waals surface area contributed by atoms with Crippen LogP contribution in [0.5, 0.6) is 0 Å². The van der Waals surface area contributed by atoms with Gasteiger partial charge in [0.25, 0.3) is 0 Å². The van der Waals surface area contributed by atoms with Crippen LogP contribution in [0, 0.1) is 5.82 Å². The van der Waals surface area contributed by atoms with Gasteiger partial charge in [-0.3, -0.25) is 4.79 Å². The summed E-state index contributed by atoms with van der Waals surface area (Å²) in [5.41, 5.74) is 2.78. The van der Waals surface area contributed by atoms with Crippen molar-refractivity contribution in [3.05, 3.63) is 65.7 Å². The standard InChI is InChI=1S/C19H20FN3O2/c1-13(21-18(24)12-25-2)19-22-16-5-3-4-6-17(16)23(19)11-14-7-9-15(20)10-8-14/h3-10,13H,11-12H2,1-2H3,(H,21,24). The van der Waals surface area contributed by atoms with Gasteiger partial charge >= 0.3 is 0 Å². The molecule has 0 saturated heterocycles. The summed E-state index contributed by atoms with van der Waals surface area (Å²) in [5, 5.41) is 2.89. The number of rotatable bonds is 6. The summed E-state index contributed by atoms with van der Waals surface area (Å²) >= 11 is 0. The molecule has 0 spiro atoms. The van der Waals surface area contributed by atoms with Crippen LogP contribution >= 0.6 is 0 Å². The van der Waals surface area contributed by atoms with E-state index >= 15 is 0 Å². The van der Waals surface area contributed by atoms with Crippen LogP contribution < -0.4 is 5.32 Å². The minimum absolute atomic E-state index is 0.00251. The van der Waals surface area contributed by atoms with Crippen molar-refractivity contribution < 1.29 is 13.9 Å². The second-order valence-electron chi connectivity index (χ2n) is 5.89. The first-order chi connectivity index (χ1) is 12.1. The maximum Gasteiger partial charge on any atom is 0.246 e. The fourth-order valence-corrected chi connectivity index (χ4v) is 2.84. The highest BCUT2D eigenvalue weighted by Crippen LogP contribution is 2.22. The zero-order valence-corrected chi connectivity index (χ0v) is 14.2. The molecule has 6 heteroatoms. The second kappa shape index (κ2) is 7.44. The van der Waals surface area contributed by atoms with Gasteiger partial charge in [0.05, 0.1) is 17.1 Å². The van der Waals surface area contributed by atoms with E-state index in [9.17, 15) is 9.18 Å². The number of nitrogens with one attached hydrogen (secondary N) is 1. The number of carbonyl (C=O) groups excluding carboxylic acids is 1. The summed E-state index contributed by atoms with van der Waals surface area (Å²) in [6.07, 6.45) is 0. The maximum atomic E-state index is 13.2.